The topological polar surface area (TPSA) is 114 Å². The summed E-state index contributed by atoms with van der Waals surface area (Å²) in [5.74, 6) is 0. The fraction of sp³-hybridized carbons (Fsp3) is 0.500. The van der Waals surface area contributed by atoms with Gasteiger partial charge in [-0.15, -0.1) is 0 Å². The standard InChI is InChI=1S/2C20H28O3S.Ca/c2*1-3-5-7-9-16-11-12-17-15-20(24(21,22)23)18(10-8-6-4-2)14-19(17)13-16;/h2*11-15H,3-10H2,1-2H3,(H,21,22,23);/q;;+2/p-2. The molecule has 0 amide bonds. The van der Waals surface area contributed by atoms with E-state index in [4.69, 9.17) is 0 Å². The van der Waals surface area contributed by atoms with Crippen molar-refractivity contribution in [2.24, 2.45) is 0 Å². The molecule has 0 fully saturated rings. The van der Waals surface area contributed by atoms with Gasteiger partial charge in [0.25, 0.3) is 0 Å². The maximum atomic E-state index is 11.6. The molecule has 0 saturated heterocycles. The first kappa shape index (κ1) is 43.6. The van der Waals surface area contributed by atoms with Gasteiger partial charge in [0.1, 0.15) is 20.2 Å². The van der Waals surface area contributed by atoms with E-state index in [0.29, 0.717) is 24.0 Å². The molecule has 0 unspecified atom stereocenters. The summed E-state index contributed by atoms with van der Waals surface area (Å²) >= 11 is 0. The van der Waals surface area contributed by atoms with Crippen LogP contribution >= 0.6 is 0 Å². The van der Waals surface area contributed by atoms with E-state index >= 15 is 0 Å². The molecule has 4 rings (SSSR count). The Kier molecular flexibility index (Phi) is 19.4. The first-order valence-corrected chi connectivity index (χ1v) is 20.8. The third kappa shape index (κ3) is 14.2. The van der Waals surface area contributed by atoms with Crippen molar-refractivity contribution >= 4 is 79.5 Å². The van der Waals surface area contributed by atoms with Crippen LogP contribution in [-0.4, -0.2) is 63.7 Å². The van der Waals surface area contributed by atoms with Gasteiger partial charge in [-0.1, -0.05) is 115 Å². The molecule has 6 nitrogen and oxygen atoms in total. The van der Waals surface area contributed by atoms with Gasteiger partial charge in [-0.25, -0.2) is 16.8 Å². The zero-order chi connectivity index (χ0) is 35.2. The van der Waals surface area contributed by atoms with E-state index in [9.17, 15) is 25.9 Å². The van der Waals surface area contributed by atoms with Crippen LogP contribution in [0.5, 0.6) is 0 Å². The third-order valence-corrected chi connectivity index (χ3v) is 10.8. The Morgan fingerprint density at radius 3 is 1.06 bits per heavy atom. The van der Waals surface area contributed by atoms with E-state index in [0.717, 1.165) is 72.9 Å². The van der Waals surface area contributed by atoms with Gasteiger partial charge >= 0.3 is 37.7 Å². The van der Waals surface area contributed by atoms with Crippen LogP contribution in [0, 0.1) is 0 Å². The zero-order valence-corrected chi connectivity index (χ0v) is 33.9. The fourth-order valence-electron chi connectivity index (χ4n) is 6.20. The fourth-order valence-corrected chi connectivity index (χ4v) is 7.71. The van der Waals surface area contributed by atoms with Crippen molar-refractivity contribution in [3.8, 4) is 0 Å². The number of fused-ring (bicyclic) bond motifs is 2. The van der Waals surface area contributed by atoms with Gasteiger partial charge in [-0.05, 0) is 119 Å². The minimum Gasteiger partial charge on any atom is -0.744 e. The van der Waals surface area contributed by atoms with Gasteiger partial charge in [0.05, 0.1) is 9.79 Å². The Bertz CT molecular complexity index is 1700. The van der Waals surface area contributed by atoms with E-state index < -0.39 is 20.2 Å². The first-order chi connectivity index (χ1) is 22.9. The van der Waals surface area contributed by atoms with E-state index in [-0.39, 0.29) is 47.5 Å². The minimum atomic E-state index is -4.44. The normalized spacial score (nSPS) is 11.7. The molecule has 49 heavy (non-hydrogen) atoms. The molecule has 0 spiro atoms. The second kappa shape index (κ2) is 21.8. The number of hydrogen-bond acceptors (Lipinski definition) is 6. The van der Waals surface area contributed by atoms with Crippen LogP contribution in [0.25, 0.3) is 21.5 Å². The molecular weight excluding hydrogens is 681 g/mol. The van der Waals surface area contributed by atoms with Crippen molar-refractivity contribution < 1.29 is 25.9 Å². The van der Waals surface area contributed by atoms with Gasteiger partial charge in [0.2, 0.25) is 0 Å². The van der Waals surface area contributed by atoms with Gasteiger partial charge in [0.15, 0.2) is 0 Å². The number of hydrogen-bond donors (Lipinski definition) is 0. The van der Waals surface area contributed by atoms with Crippen LogP contribution in [0.15, 0.2) is 70.5 Å². The molecule has 0 aliphatic carbocycles. The molecule has 0 N–H and O–H groups in total. The average molecular weight is 735 g/mol. The van der Waals surface area contributed by atoms with Crippen molar-refractivity contribution in [1.29, 1.82) is 0 Å². The Morgan fingerprint density at radius 1 is 0.429 bits per heavy atom. The molecule has 0 aromatic heterocycles. The Labute approximate surface area is 326 Å². The average Bonchev–Trinajstić information content (AvgIpc) is 3.04. The Balaban J connectivity index is 0.000000333. The number of aryl methyl sites for hydroxylation is 4. The van der Waals surface area contributed by atoms with E-state index in [2.05, 4.69) is 39.8 Å². The minimum absolute atomic E-state index is 0. The molecule has 0 bridgehead atoms. The van der Waals surface area contributed by atoms with Crippen LogP contribution in [0.2, 0.25) is 0 Å². The van der Waals surface area contributed by atoms with Crippen LogP contribution in [0.3, 0.4) is 0 Å². The summed E-state index contributed by atoms with van der Waals surface area (Å²) in [6, 6.07) is 19.1. The monoisotopic (exact) mass is 734 g/mol. The van der Waals surface area contributed by atoms with Crippen LogP contribution in [0.4, 0.5) is 0 Å². The van der Waals surface area contributed by atoms with E-state index in [1.54, 1.807) is 12.1 Å². The maximum Gasteiger partial charge on any atom is 2.00 e. The van der Waals surface area contributed by atoms with Crippen molar-refractivity contribution in [3.05, 3.63) is 82.9 Å². The summed E-state index contributed by atoms with van der Waals surface area (Å²) in [7, 11) is -8.88. The Hall–Kier alpha value is -1.52. The van der Waals surface area contributed by atoms with Gasteiger partial charge < -0.3 is 9.11 Å². The molecule has 0 aliphatic heterocycles. The molecule has 0 atom stereocenters. The molecule has 264 valence electrons. The van der Waals surface area contributed by atoms with Crippen molar-refractivity contribution in [2.75, 3.05) is 0 Å². The summed E-state index contributed by atoms with van der Waals surface area (Å²) in [6.07, 6.45) is 16.5. The second-order valence-corrected chi connectivity index (χ2v) is 15.7. The largest absolute Gasteiger partial charge is 2.00 e. The molecule has 0 radical (unpaired) electrons. The predicted molar refractivity (Wildman–Crippen MR) is 202 cm³/mol. The van der Waals surface area contributed by atoms with Crippen LogP contribution in [-0.2, 0) is 45.9 Å². The van der Waals surface area contributed by atoms with E-state index in [1.807, 2.05) is 36.4 Å². The molecular formula is C40H54CaO6S2. The maximum absolute atomic E-state index is 11.6. The molecule has 9 heteroatoms. The Morgan fingerprint density at radius 2 is 0.755 bits per heavy atom. The van der Waals surface area contributed by atoms with Crippen LogP contribution < -0.4 is 0 Å². The number of unbranched alkanes of at least 4 members (excludes halogenated alkanes) is 8. The second-order valence-electron chi connectivity index (χ2n) is 13.0. The predicted octanol–water partition coefficient (Wildman–Crippen LogP) is 10.0. The summed E-state index contributed by atoms with van der Waals surface area (Å²) in [4.78, 5) is -0.102. The number of rotatable bonds is 18. The van der Waals surface area contributed by atoms with Crippen LogP contribution in [0.1, 0.15) is 127 Å². The summed E-state index contributed by atoms with van der Waals surface area (Å²) in [5, 5.41) is 3.71. The zero-order valence-electron chi connectivity index (χ0n) is 30.1. The summed E-state index contributed by atoms with van der Waals surface area (Å²) in [5.41, 5.74) is 3.87. The summed E-state index contributed by atoms with van der Waals surface area (Å²) in [6.45, 7) is 8.59. The van der Waals surface area contributed by atoms with Crippen molar-refractivity contribution in [1.82, 2.24) is 0 Å². The molecule has 0 saturated carbocycles. The smallest absolute Gasteiger partial charge is 0.744 e. The summed E-state index contributed by atoms with van der Waals surface area (Å²) < 4.78 is 69.7. The quantitative estimate of drug-likeness (QED) is 0.0571. The SMILES string of the molecule is CCCCCc1ccc2cc(S(=O)(=O)[O-])c(CCCCC)cc2c1.CCCCCc1ccc2cc(S(=O)(=O)[O-])c(CCCCC)cc2c1.[Ca+2]. The molecule has 0 aliphatic rings. The molecule has 4 aromatic carbocycles. The van der Waals surface area contributed by atoms with E-state index in [1.165, 1.54) is 49.7 Å². The van der Waals surface area contributed by atoms with Crippen molar-refractivity contribution in [3.63, 3.8) is 0 Å². The number of benzene rings is 4. The first-order valence-electron chi connectivity index (χ1n) is 17.9. The molecule has 4 aromatic rings. The third-order valence-electron chi connectivity index (χ3n) is 8.94. The molecule has 0 heterocycles. The van der Waals surface area contributed by atoms with Crippen molar-refractivity contribution in [2.45, 2.75) is 140 Å². The van der Waals surface area contributed by atoms with Gasteiger partial charge in [0, 0.05) is 0 Å². The van der Waals surface area contributed by atoms with Gasteiger partial charge in [-0.2, -0.15) is 0 Å². The van der Waals surface area contributed by atoms with Gasteiger partial charge in [-0.3, -0.25) is 0 Å².